The summed E-state index contributed by atoms with van der Waals surface area (Å²) in [6.07, 6.45) is 1.88. The maximum atomic E-state index is 6.26. The summed E-state index contributed by atoms with van der Waals surface area (Å²) in [7, 11) is 0. The predicted molar refractivity (Wildman–Crippen MR) is 76.8 cm³/mol. The van der Waals surface area contributed by atoms with E-state index in [1.165, 1.54) is 0 Å². The van der Waals surface area contributed by atoms with Crippen molar-refractivity contribution in [1.82, 2.24) is 5.32 Å². The van der Waals surface area contributed by atoms with Crippen molar-refractivity contribution in [2.75, 3.05) is 6.54 Å². The van der Waals surface area contributed by atoms with Crippen molar-refractivity contribution in [1.29, 1.82) is 0 Å². The number of ether oxygens (including phenoxy) is 1. The van der Waals surface area contributed by atoms with Crippen molar-refractivity contribution in [2.45, 2.75) is 45.3 Å². The Labute approximate surface area is 119 Å². The van der Waals surface area contributed by atoms with Gasteiger partial charge in [-0.15, -0.1) is 0 Å². The Morgan fingerprint density at radius 3 is 2.72 bits per heavy atom. The van der Waals surface area contributed by atoms with Crippen molar-refractivity contribution < 1.29 is 4.74 Å². The lowest BCUT2D eigenvalue weighted by Gasteiger charge is -2.40. The molecule has 2 rings (SSSR count). The minimum Gasteiger partial charge on any atom is -0.486 e. The first-order valence-corrected chi connectivity index (χ1v) is 7.16. The SMILES string of the molecule is CCNC1CC(C)(CC)Oc2c(Cl)cc(Cl)cc21. The van der Waals surface area contributed by atoms with Crippen LogP contribution in [0.2, 0.25) is 10.0 Å². The maximum Gasteiger partial charge on any atom is 0.143 e. The van der Waals surface area contributed by atoms with Crippen molar-refractivity contribution >= 4 is 23.2 Å². The fourth-order valence-corrected chi connectivity index (χ4v) is 2.97. The van der Waals surface area contributed by atoms with E-state index in [4.69, 9.17) is 27.9 Å². The van der Waals surface area contributed by atoms with E-state index in [-0.39, 0.29) is 11.6 Å². The molecule has 1 aliphatic heterocycles. The Bertz CT molecular complexity index is 450. The van der Waals surface area contributed by atoms with Gasteiger partial charge in [0.25, 0.3) is 0 Å². The van der Waals surface area contributed by atoms with Crippen LogP contribution in [0.5, 0.6) is 5.75 Å². The molecule has 2 atom stereocenters. The predicted octanol–water partition coefficient (Wildman–Crippen LogP) is 4.60. The molecule has 4 heteroatoms. The van der Waals surface area contributed by atoms with Gasteiger partial charge in [0.2, 0.25) is 0 Å². The highest BCUT2D eigenvalue weighted by atomic mass is 35.5. The highest BCUT2D eigenvalue weighted by Gasteiger charge is 2.37. The summed E-state index contributed by atoms with van der Waals surface area (Å²) in [4.78, 5) is 0. The van der Waals surface area contributed by atoms with Gasteiger partial charge in [-0.25, -0.2) is 0 Å². The Kier molecular flexibility index (Phi) is 4.10. The molecular weight excluding hydrogens is 269 g/mol. The molecule has 0 bridgehead atoms. The molecule has 2 nitrogen and oxygen atoms in total. The minimum absolute atomic E-state index is 0.169. The average Bonchev–Trinajstić information content (AvgIpc) is 2.31. The van der Waals surface area contributed by atoms with Gasteiger partial charge in [-0.2, -0.15) is 0 Å². The molecule has 0 fully saturated rings. The average molecular weight is 288 g/mol. The molecule has 1 N–H and O–H groups in total. The highest BCUT2D eigenvalue weighted by Crippen LogP contribution is 2.45. The number of fused-ring (bicyclic) bond motifs is 1. The molecule has 0 aliphatic carbocycles. The molecule has 1 aliphatic rings. The molecule has 0 saturated carbocycles. The van der Waals surface area contributed by atoms with E-state index in [1.807, 2.05) is 6.07 Å². The third-order valence-corrected chi connectivity index (χ3v) is 4.09. The summed E-state index contributed by atoms with van der Waals surface area (Å²) in [5.74, 6) is 0.780. The number of rotatable bonds is 3. The van der Waals surface area contributed by atoms with Gasteiger partial charge in [-0.05, 0) is 32.0 Å². The summed E-state index contributed by atoms with van der Waals surface area (Å²) >= 11 is 12.3. The zero-order valence-electron chi connectivity index (χ0n) is 11.0. The van der Waals surface area contributed by atoms with E-state index >= 15 is 0 Å². The first-order chi connectivity index (χ1) is 8.49. The van der Waals surface area contributed by atoms with E-state index in [0.29, 0.717) is 10.0 Å². The molecule has 0 aromatic heterocycles. The molecule has 0 spiro atoms. The largest absolute Gasteiger partial charge is 0.486 e. The summed E-state index contributed by atoms with van der Waals surface area (Å²) in [6.45, 7) is 7.28. The van der Waals surface area contributed by atoms with Crippen LogP contribution < -0.4 is 10.1 Å². The zero-order valence-corrected chi connectivity index (χ0v) is 12.5. The molecule has 1 aromatic carbocycles. The quantitative estimate of drug-likeness (QED) is 0.878. The third kappa shape index (κ3) is 2.61. The summed E-state index contributed by atoms with van der Waals surface area (Å²) in [6, 6.07) is 3.94. The van der Waals surface area contributed by atoms with Crippen LogP contribution in [0.1, 0.15) is 45.2 Å². The van der Waals surface area contributed by atoms with Crippen LogP contribution in [0.4, 0.5) is 0 Å². The van der Waals surface area contributed by atoms with Crippen molar-refractivity contribution in [3.05, 3.63) is 27.7 Å². The van der Waals surface area contributed by atoms with Crippen LogP contribution in [-0.4, -0.2) is 12.1 Å². The van der Waals surface area contributed by atoms with Crippen LogP contribution in [0.25, 0.3) is 0 Å². The highest BCUT2D eigenvalue weighted by molar-refractivity contribution is 6.35. The van der Waals surface area contributed by atoms with E-state index < -0.39 is 0 Å². The number of hydrogen-bond donors (Lipinski definition) is 1. The molecule has 18 heavy (non-hydrogen) atoms. The summed E-state index contributed by atoms with van der Waals surface area (Å²) < 4.78 is 6.10. The second kappa shape index (κ2) is 5.28. The van der Waals surface area contributed by atoms with Crippen LogP contribution in [-0.2, 0) is 0 Å². The van der Waals surface area contributed by atoms with E-state index in [9.17, 15) is 0 Å². The van der Waals surface area contributed by atoms with E-state index in [1.54, 1.807) is 6.07 Å². The number of benzene rings is 1. The lowest BCUT2D eigenvalue weighted by Crippen LogP contribution is -2.41. The van der Waals surface area contributed by atoms with Crippen LogP contribution in [0, 0.1) is 0 Å². The maximum absolute atomic E-state index is 6.26. The van der Waals surface area contributed by atoms with Gasteiger partial charge in [-0.3, -0.25) is 0 Å². The molecule has 0 amide bonds. The Balaban J connectivity index is 2.47. The van der Waals surface area contributed by atoms with Gasteiger partial charge in [0.15, 0.2) is 0 Å². The van der Waals surface area contributed by atoms with Gasteiger partial charge in [0, 0.05) is 23.0 Å². The molecule has 1 heterocycles. The van der Waals surface area contributed by atoms with Crippen LogP contribution in [0.3, 0.4) is 0 Å². The first-order valence-electron chi connectivity index (χ1n) is 6.40. The molecule has 0 saturated heterocycles. The number of hydrogen-bond acceptors (Lipinski definition) is 2. The van der Waals surface area contributed by atoms with Gasteiger partial charge >= 0.3 is 0 Å². The fraction of sp³-hybridized carbons (Fsp3) is 0.571. The van der Waals surface area contributed by atoms with E-state index in [2.05, 4.69) is 26.1 Å². The standard InChI is InChI=1S/C14H19Cl2NO/c1-4-14(3)8-12(17-5-2)10-6-9(15)7-11(16)13(10)18-14/h6-7,12,17H,4-5,8H2,1-3H3. The molecule has 2 unspecified atom stereocenters. The van der Waals surface area contributed by atoms with Crippen LogP contribution >= 0.6 is 23.2 Å². The van der Waals surface area contributed by atoms with Gasteiger partial charge in [0.1, 0.15) is 11.4 Å². The molecule has 0 radical (unpaired) electrons. The van der Waals surface area contributed by atoms with Crippen molar-refractivity contribution in [3.63, 3.8) is 0 Å². The number of halogens is 2. The Morgan fingerprint density at radius 2 is 2.11 bits per heavy atom. The minimum atomic E-state index is -0.169. The smallest absolute Gasteiger partial charge is 0.143 e. The molecule has 100 valence electrons. The lowest BCUT2D eigenvalue weighted by molar-refractivity contribution is 0.0447. The van der Waals surface area contributed by atoms with Crippen molar-refractivity contribution in [2.24, 2.45) is 0 Å². The monoisotopic (exact) mass is 287 g/mol. The summed E-state index contributed by atoms with van der Waals surface area (Å²) in [5, 5.41) is 4.74. The van der Waals surface area contributed by atoms with E-state index in [0.717, 1.165) is 30.7 Å². The van der Waals surface area contributed by atoms with Gasteiger partial charge < -0.3 is 10.1 Å². The molecular formula is C14H19Cl2NO. The molecule has 1 aromatic rings. The zero-order chi connectivity index (χ0) is 13.3. The first kappa shape index (κ1) is 14.0. The lowest BCUT2D eigenvalue weighted by atomic mass is 9.86. The Hall–Kier alpha value is -0.440. The third-order valence-electron chi connectivity index (χ3n) is 3.60. The van der Waals surface area contributed by atoms with Gasteiger partial charge in [-0.1, -0.05) is 37.0 Å². The normalized spacial score (nSPS) is 26.6. The van der Waals surface area contributed by atoms with Gasteiger partial charge in [0.05, 0.1) is 5.02 Å². The topological polar surface area (TPSA) is 21.3 Å². The van der Waals surface area contributed by atoms with Crippen molar-refractivity contribution in [3.8, 4) is 5.75 Å². The summed E-state index contributed by atoms with van der Waals surface area (Å²) in [5.41, 5.74) is 0.900. The fourth-order valence-electron chi connectivity index (χ4n) is 2.42. The Morgan fingerprint density at radius 1 is 1.39 bits per heavy atom. The van der Waals surface area contributed by atoms with Crippen LogP contribution in [0.15, 0.2) is 12.1 Å². The number of nitrogens with one attached hydrogen (secondary N) is 1. The second-order valence-corrected chi connectivity index (χ2v) is 5.87. The second-order valence-electron chi connectivity index (χ2n) is 5.03.